The van der Waals surface area contributed by atoms with Gasteiger partial charge in [-0.1, -0.05) is 30.3 Å². The Balaban J connectivity index is 1.65. The zero-order chi connectivity index (χ0) is 26.5. The van der Waals surface area contributed by atoms with Crippen molar-refractivity contribution in [2.45, 2.75) is 38.8 Å². The normalized spacial score (nSPS) is 17.7. The Morgan fingerprint density at radius 2 is 1.92 bits per heavy atom. The number of hydrogen-bond donors (Lipinski definition) is 1. The van der Waals surface area contributed by atoms with E-state index in [1.807, 2.05) is 56.3 Å². The molecule has 1 atom stereocenters. The van der Waals surface area contributed by atoms with E-state index in [0.717, 1.165) is 26.5 Å². The molecule has 1 aliphatic heterocycles. The first kappa shape index (κ1) is 25.1. The Labute approximate surface area is 217 Å². The van der Waals surface area contributed by atoms with Gasteiger partial charge in [0.1, 0.15) is 17.0 Å². The van der Waals surface area contributed by atoms with Gasteiger partial charge in [-0.3, -0.25) is 28.5 Å². The summed E-state index contributed by atoms with van der Waals surface area (Å²) in [4.78, 5) is 51.1. The highest BCUT2D eigenvalue weighted by Crippen LogP contribution is 2.34. The van der Waals surface area contributed by atoms with Crippen molar-refractivity contribution in [1.29, 1.82) is 0 Å². The van der Waals surface area contributed by atoms with E-state index >= 15 is 0 Å². The number of hydrogen-bond acceptors (Lipinski definition) is 7. The fourth-order valence-electron chi connectivity index (χ4n) is 4.53. The topological polar surface area (TPSA) is 107 Å². The van der Waals surface area contributed by atoms with Crippen LogP contribution in [0.5, 0.6) is 0 Å². The molecule has 1 N–H and O–H groups in total. The number of β-amino-alcohol motifs (C(OH)–C–C–N with tert-alkyl or cyclic N) is 1. The van der Waals surface area contributed by atoms with Crippen molar-refractivity contribution in [2.75, 3.05) is 13.2 Å². The van der Waals surface area contributed by atoms with E-state index in [9.17, 15) is 19.5 Å². The highest BCUT2D eigenvalue weighted by Gasteiger charge is 2.38. The number of pyridine rings is 1. The van der Waals surface area contributed by atoms with Crippen LogP contribution in [0.3, 0.4) is 0 Å². The van der Waals surface area contributed by atoms with E-state index in [2.05, 4.69) is 4.98 Å². The quantitative estimate of drug-likeness (QED) is 0.433. The number of carbonyl (C=O) groups is 1. The van der Waals surface area contributed by atoms with E-state index in [-0.39, 0.29) is 30.1 Å². The van der Waals surface area contributed by atoms with Gasteiger partial charge in [-0.05, 0) is 38.5 Å². The van der Waals surface area contributed by atoms with Crippen molar-refractivity contribution in [3.05, 3.63) is 85.5 Å². The predicted molar refractivity (Wildman–Crippen MR) is 142 cm³/mol. The third kappa shape index (κ3) is 4.52. The fraction of sp³-hybridized carbons (Fsp3) is 0.333. The molecule has 1 aliphatic rings. The van der Waals surface area contributed by atoms with Gasteiger partial charge in [-0.25, -0.2) is 9.86 Å². The largest absolute Gasteiger partial charge is 0.386 e. The number of fused-ring (bicyclic) bond motifs is 1. The minimum absolute atomic E-state index is 0.0223. The maximum absolute atomic E-state index is 13.7. The van der Waals surface area contributed by atoms with Gasteiger partial charge in [-0.15, -0.1) is 11.3 Å². The second-order valence-electron chi connectivity index (χ2n) is 9.89. The van der Waals surface area contributed by atoms with Gasteiger partial charge in [0.2, 0.25) is 0 Å². The number of rotatable bonds is 5. The summed E-state index contributed by atoms with van der Waals surface area (Å²) in [6.45, 7) is 5.27. The number of nitrogens with zero attached hydrogens (tertiary/aromatic N) is 4. The van der Waals surface area contributed by atoms with Crippen LogP contribution >= 0.6 is 11.3 Å². The molecule has 192 valence electrons. The molecule has 0 saturated carbocycles. The van der Waals surface area contributed by atoms with Crippen LogP contribution in [-0.2, 0) is 18.3 Å². The van der Waals surface area contributed by atoms with Crippen LogP contribution in [0.25, 0.3) is 21.5 Å². The van der Waals surface area contributed by atoms with Gasteiger partial charge < -0.3 is 5.11 Å². The first-order valence-electron chi connectivity index (χ1n) is 12.0. The smallest absolute Gasteiger partial charge is 0.332 e. The Morgan fingerprint density at radius 1 is 1.19 bits per heavy atom. The van der Waals surface area contributed by atoms with Crippen molar-refractivity contribution in [1.82, 2.24) is 19.2 Å². The van der Waals surface area contributed by atoms with E-state index in [1.165, 1.54) is 18.4 Å². The third-order valence-corrected chi connectivity index (χ3v) is 7.63. The summed E-state index contributed by atoms with van der Waals surface area (Å²) in [5.74, 6) is -0.504. The Bertz CT molecular complexity index is 1600. The van der Waals surface area contributed by atoms with Gasteiger partial charge in [0.25, 0.3) is 11.5 Å². The lowest BCUT2D eigenvalue weighted by Crippen LogP contribution is -2.39. The van der Waals surface area contributed by atoms with Crippen molar-refractivity contribution < 1.29 is 14.7 Å². The van der Waals surface area contributed by atoms with Crippen LogP contribution in [0.15, 0.2) is 58.3 Å². The highest BCUT2D eigenvalue weighted by molar-refractivity contribution is 7.19. The van der Waals surface area contributed by atoms with Crippen LogP contribution in [0.4, 0.5) is 0 Å². The van der Waals surface area contributed by atoms with Gasteiger partial charge in [-0.2, -0.15) is 0 Å². The summed E-state index contributed by atoms with van der Waals surface area (Å²) in [6.07, 6.45) is 2.12. The molecule has 0 bridgehead atoms. The van der Waals surface area contributed by atoms with Gasteiger partial charge in [0, 0.05) is 36.1 Å². The molecule has 3 aromatic heterocycles. The summed E-state index contributed by atoms with van der Waals surface area (Å²) < 4.78 is 2.59. The summed E-state index contributed by atoms with van der Waals surface area (Å²) in [5, 5.41) is 11.7. The van der Waals surface area contributed by atoms with Crippen LogP contribution in [-0.4, -0.2) is 48.9 Å². The average Bonchev–Trinajstić information content (AvgIpc) is 3.42. The van der Waals surface area contributed by atoms with Crippen molar-refractivity contribution in [3.63, 3.8) is 0 Å². The van der Waals surface area contributed by atoms with Crippen molar-refractivity contribution in [2.24, 2.45) is 7.05 Å². The maximum Gasteiger partial charge on any atom is 0.332 e. The Hall–Kier alpha value is -3.60. The molecule has 0 radical (unpaired) electrons. The first-order valence-corrected chi connectivity index (χ1v) is 12.8. The lowest BCUT2D eigenvalue weighted by atomic mass is 10.0. The molecular weight excluding hydrogens is 492 g/mol. The third-order valence-electron chi connectivity index (χ3n) is 6.44. The minimum Gasteiger partial charge on any atom is -0.386 e. The molecule has 9 nitrogen and oxygen atoms in total. The molecule has 4 heterocycles. The minimum atomic E-state index is -1.19. The number of amides is 1. The van der Waals surface area contributed by atoms with Crippen molar-refractivity contribution in [3.8, 4) is 11.3 Å². The van der Waals surface area contributed by atoms with Gasteiger partial charge in [0.15, 0.2) is 0 Å². The van der Waals surface area contributed by atoms with E-state index < -0.39 is 22.8 Å². The second kappa shape index (κ2) is 9.37. The molecule has 5 rings (SSSR count). The molecule has 1 fully saturated rings. The zero-order valence-electron chi connectivity index (χ0n) is 21.1. The number of benzene rings is 1. The van der Waals surface area contributed by atoms with Crippen molar-refractivity contribution >= 4 is 27.5 Å². The molecule has 37 heavy (non-hydrogen) atoms. The lowest BCUT2D eigenvalue weighted by molar-refractivity contribution is -0.0796. The SMILES string of the molecule is CC(C)n1c(=O)n(C)c(=O)c2c(C(=O)N3C[C@](C)(O)CO3)c(Cc3ccc(-c4ccccn4)cc3)sc21. The monoisotopic (exact) mass is 520 g/mol. The molecule has 1 amide bonds. The number of aliphatic hydroxyl groups is 1. The molecule has 0 unspecified atom stereocenters. The number of aromatic nitrogens is 3. The van der Waals surface area contributed by atoms with Crippen LogP contribution in [0.1, 0.15) is 47.6 Å². The molecule has 0 spiro atoms. The standard InChI is InChI=1S/C27H28N4O5S/c1-16(2)31-25-22(23(32)29(4)26(31)34)21(24(33)30-14-27(3,35)15-36-30)20(37-25)13-17-8-10-18(11-9-17)19-7-5-6-12-28-19/h5-12,16,35H,13-15H2,1-4H3/t27-/m0/s1. The fourth-order valence-corrected chi connectivity index (χ4v) is 5.97. The maximum atomic E-state index is 13.7. The summed E-state index contributed by atoms with van der Waals surface area (Å²) >= 11 is 1.27. The lowest BCUT2D eigenvalue weighted by Gasteiger charge is -2.17. The number of thiophene rings is 1. The molecule has 1 aromatic carbocycles. The molecule has 10 heteroatoms. The average molecular weight is 521 g/mol. The first-order chi connectivity index (χ1) is 17.6. The summed E-state index contributed by atoms with van der Waals surface area (Å²) in [5.41, 5.74) is 0.820. The molecule has 1 saturated heterocycles. The number of carbonyl (C=O) groups excluding carboxylic acids is 1. The van der Waals surface area contributed by atoms with Gasteiger partial charge >= 0.3 is 5.69 Å². The summed E-state index contributed by atoms with van der Waals surface area (Å²) in [6, 6.07) is 13.4. The summed E-state index contributed by atoms with van der Waals surface area (Å²) in [7, 11) is 1.42. The predicted octanol–water partition coefficient (Wildman–Crippen LogP) is 3.13. The van der Waals surface area contributed by atoms with E-state index in [4.69, 9.17) is 4.84 Å². The number of hydroxylamine groups is 2. The van der Waals surface area contributed by atoms with E-state index in [1.54, 1.807) is 17.7 Å². The van der Waals surface area contributed by atoms with Crippen LogP contribution < -0.4 is 11.2 Å². The molecule has 0 aliphatic carbocycles. The highest BCUT2D eigenvalue weighted by atomic mass is 32.1. The molecular formula is C27H28N4O5S. The zero-order valence-corrected chi connectivity index (χ0v) is 21.9. The Kier molecular flexibility index (Phi) is 6.35. The van der Waals surface area contributed by atoms with Crippen LogP contribution in [0.2, 0.25) is 0 Å². The van der Waals surface area contributed by atoms with Crippen LogP contribution in [0, 0.1) is 0 Å². The molecule has 4 aromatic rings. The van der Waals surface area contributed by atoms with Gasteiger partial charge in [0.05, 0.1) is 23.2 Å². The second-order valence-corrected chi connectivity index (χ2v) is 11.0. The van der Waals surface area contributed by atoms with E-state index in [0.29, 0.717) is 16.1 Å². The Morgan fingerprint density at radius 3 is 2.51 bits per heavy atom.